The highest BCUT2D eigenvalue weighted by molar-refractivity contribution is 7.89. The lowest BCUT2D eigenvalue weighted by Gasteiger charge is -2.12. The molecule has 1 heterocycles. The molecule has 0 bridgehead atoms. The minimum Gasteiger partial charge on any atom is -0.326 e. The second-order valence-electron chi connectivity index (χ2n) is 5.82. The number of anilines is 1. The van der Waals surface area contributed by atoms with E-state index in [4.69, 9.17) is 11.6 Å². The number of hydrogen-bond donors (Lipinski definition) is 1. The molecule has 0 radical (unpaired) electrons. The molecule has 0 atom stereocenters. The maximum atomic E-state index is 12.4. The summed E-state index contributed by atoms with van der Waals surface area (Å²) in [7, 11) is -0.622. The van der Waals surface area contributed by atoms with E-state index >= 15 is 0 Å². The third-order valence-electron chi connectivity index (χ3n) is 3.71. The molecule has 7 nitrogen and oxygen atoms in total. The van der Waals surface area contributed by atoms with Crippen LogP contribution in [0.4, 0.5) is 5.69 Å². The molecule has 0 saturated carbocycles. The summed E-state index contributed by atoms with van der Waals surface area (Å²) < 4.78 is 27.5. The van der Waals surface area contributed by atoms with E-state index in [1.807, 2.05) is 0 Å². The van der Waals surface area contributed by atoms with Crippen LogP contribution in [0.3, 0.4) is 0 Å². The van der Waals surface area contributed by atoms with Crippen LogP contribution >= 0.6 is 11.6 Å². The Bertz CT molecular complexity index is 891. The molecule has 0 aliphatic heterocycles. The molecule has 0 aliphatic carbocycles. The number of nitrogens with zero attached hydrogens (tertiary/aromatic N) is 3. The first kappa shape index (κ1) is 19.4. The summed E-state index contributed by atoms with van der Waals surface area (Å²) in [5.74, 6) is -0.202. The number of benzene rings is 1. The van der Waals surface area contributed by atoms with Crippen molar-refractivity contribution < 1.29 is 13.2 Å². The van der Waals surface area contributed by atoms with Crippen molar-refractivity contribution >= 4 is 33.2 Å². The number of carbonyl (C=O) groups excluding carboxylic acids is 1. The van der Waals surface area contributed by atoms with Gasteiger partial charge in [0.25, 0.3) is 0 Å². The van der Waals surface area contributed by atoms with E-state index in [9.17, 15) is 13.2 Å². The molecule has 2 rings (SSSR count). The molecule has 136 valence electrons. The Morgan fingerprint density at radius 2 is 2.00 bits per heavy atom. The predicted molar refractivity (Wildman–Crippen MR) is 97.3 cm³/mol. The Hall–Kier alpha value is -1.90. The summed E-state index contributed by atoms with van der Waals surface area (Å²) >= 11 is 5.88. The second-order valence-corrected chi connectivity index (χ2v) is 8.34. The fraction of sp³-hybridized carbons (Fsp3) is 0.375. The molecule has 9 heteroatoms. The van der Waals surface area contributed by atoms with E-state index < -0.39 is 10.0 Å². The summed E-state index contributed by atoms with van der Waals surface area (Å²) in [4.78, 5) is 12.3. The van der Waals surface area contributed by atoms with Gasteiger partial charge >= 0.3 is 0 Å². The number of nitrogens with one attached hydrogen (secondary N) is 1. The molecule has 0 fully saturated rings. The number of carbonyl (C=O) groups is 1. The zero-order chi connectivity index (χ0) is 18.8. The highest BCUT2D eigenvalue weighted by Gasteiger charge is 2.26. The number of aromatic nitrogens is 2. The van der Waals surface area contributed by atoms with Crippen LogP contribution in [-0.4, -0.2) is 42.5 Å². The number of rotatable bonds is 6. The van der Waals surface area contributed by atoms with Gasteiger partial charge in [-0.3, -0.25) is 9.48 Å². The zero-order valence-corrected chi connectivity index (χ0v) is 16.1. The predicted octanol–water partition coefficient (Wildman–Crippen LogP) is 2.43. The van der Waals surface area contributed by atoms with Gasteiger partial charge in [-0.2, -0.15) is 5.10 Å². The number of halogens is 1. The van der Waals surface area contributed by atoms with E-state index in [0.29, 0.717) is 22.1 Å². The lowest BCUT2D eigenvalue weighted by atomic mass is 10.3. The number of aryl methyl sites for hydroxylation is 2. The lowest BCUT2D eigenvalue weighted by Crippen LogP contribution is -2.23. The van der Waals surface area contributed by atoms with Crippen LogP contribution in [0, 0.1) is 13.8 Å². The van der Waals surface area contributed by atoms with Crippen LogP contribution in [0.15, 0.2) is 29.2 Å². The molecule has 0 aliphatic rings. The first-order valence-corrected chi connectivity index (χ1v) is 9.46. The van der Waals surface area contributed by atoms with Gasteiger partial charge in [0.05, 0.1) is 17.9 Å². The Balaban J connectivity index is 2.10. The molecule has 1 aromatic heterocycles. The fourth-order valence-corrected chi connectivity index (χ4v) is 3.90. The van der Waals surface area contributed by atoms with Gasteiger partial charge in [-0.15, -0.1) is 0 Å². The van der Waals surface area contributed by atoms with Crippen molar-refractivity contribution in [2.45, 2.75) is 31.7 Å². The molecule has 0 saturated heterocycles. The van der Waals surface area contributed by atoms with Crippen molar-refractivity contribution in [2.75, 3.05) is 19.4 Å². The molecule has 1 aromatic carbocycles. The summed E-state index contributed by atoms with van der Waals surface area (Å²) in [5.41, 5.74) is 1.55. The van der Waals surface area contributed by atoms with Crippen LogP contribution in [0.1, 0.15) is 17.8 Å². The van der Waals surface area contributed by atoms with Crippen molar-refractivity contribution in [3.05, 3.63) is 40.7 Å². The monoisotopic (exact) mass is 384 g/mol. The van der Waals surface area contributed by atoms with E-state index in [1.54, 1.807) is 42.8 Å². The van der Waals surface area contributed by atoms with Gasteiger partial charge in [0.1, 0.15) is 4.90 Å². The van der Waals surface area contributed by atoms with Gasteiger partial charge in [-0.25, -0.2) is 12.7 Å². The standard InChI is InChI=1S/C16H21ClN4O3S/c1-11-16(25(23,24)20(3)4)12(2)21(19-11)9-8-15(22)18-14-7-5-6-13(17)10-14/h5-7,10H,8-9H2,1-4H3,(H,18,22). The van der Waals surface area contributed by atoms with E-state index in [-0.39, 0.29) is 23.8 Å². The van der Waals surface area contributed by atoms with Gasteiger partial charge < -0.3 is 5.32 Å². The van der Waals surface area contributed by atoms with Crippen LogP contribution in [0.25, 0.3) is 0 Å². The summed E-state index contributed by atoms with van der Waals surface area (Å²) in [6.07, 6.45) is 0.163. The van der Waals surface area contributed by atoms with Gasteiger partial charge in [-0.1, -0.05) is 17.7 Å². The lowest BCUT2D eigenvalue weighted by molar-refractivity contribution is -0.116. The highest BCUT2D eigenvalue weighted by Crippen LogP contribution is 2.22. The smallest absolute Gasteiger partial charge is 0.246 e. The minimum atomic E-state index is -3.57. The third kappa shape index (κ3) is 4.39. The van der Waals surface area contributed by atoms with Crippen LogP contribution in [0.5, 0.6) is 0 Å². The van der Waals surface area contributed by atoms with Crippen molar-refractivity contribution in [3.8, 4) is 0 Å². The van der Waals surface area contributed by atoms with Crippen LogP contribution in [-0.2, 0) is 21.4 Å². The first-order valence-electron chi connectivity index (χ1n) is 7.65. The van der Waals surface area contributed by atoms with Gasteiger partial charge in [0, 0.05) is 31.2 Å². The molecule has 25 heavy (non-hydrogen) atoms. The molecule has 0 spiro atoms. The SMILES string of the molecule is Cc1nn(CCC(=O)Nc2cccc(Cl)c2)c(C)c1S(=O)(=O)N(C)C. The molecule has 0 unspecified atom stereocenters. The quantitative estimate of drug-likeness (QED) is 0.828. The second kappa shape index (κ2) is 7.55. The zero-order valence-electron chi connectivity index (χ0n) is 14.6. The average molecular weight is 385 g/mol. The maximum absolute atomic E-state index is 12.4. The van der Waals surface area contributed by atoms with Gasteiger partial charge in [-0.05, 0) is 32.0 Å². The van der Waals surface area contributed by atoms with Crippen molar-refractivity contribution in [3.63, 3.8) is 0 Å². The largest absolute Gasteiger partial charge is 0.326 e. The Labute approximate surface area is 152 Å². The van der Waals surface area contributed by atoms with E-state index in [2.05, 4.69) is 10.4 Å². The van der Waals surface area contributed by atoms with Crippen molar-refractivity contribution in [2.24, 2.45) is 0 Å². The Morgan fingerprint density at radius 3 is 2.60 bits per heavy atom. The number of amides is 1. The van der Waals surface area contributed by atoms with Crippen molar-refractivity contribution in [1.82, 2.24) is 14.1 Å². The Morgan fingerprint density at radius 1 is 1.32 bits per heavy atom. The molecular formula is C16H21ClN4O3S. The van der Waals surface area contributed by atoms with Gasteiger partial charge in [0.2, 0.25) is 15.9 Å². The summed E-state index contributed by atoms with van der Waals surface area (Å²) in [6, 6.07) is 6.87. The third-order valence-corrected chi connectivity index (χ3v) is 6.02. The normalized spacial score (nSPS) is 11.8. The Kier molecular flexibility index (Phi) is 5.87. The van der Waals surface area contributed by atoms with Crippen LogP contribution in [0.2, 0.25) is 5.02 Å². The number of sulfonamides is 1. The maximum Gasteiger partial charge on any atom is 0.246 e. The van der Waals surface area contributed by atoms with Gasteiger partial charge in [0.15, 0.2) is 0 Å². The van der Waals surface area contributed by atoms with E-state index in [1.165, 1.54) is 14.1 Å². The summed E-state index contributed by atoms with van der Waals surface area (Å²) in [6.45, 7) is 3.61. The molecule has 1 N–H and O–H groups in total. The minimum absolute atomic E-state index is 0.163. The molecule has 1 amide bonds. The molecular weight excluding hydrogens is 364 g/mol. The van der Waals surface area contributed by atoms with Crippen LogP contribution < -0.4 is 5.32 Å². The van der Waals surface area contributed by atoms with E-state index in [0.717, 1.165) is 4.31 Å². The topological polar surface area (TPSA) is 84.3 Å². The number of hydrogen-bond acceptors (Lipinski definition) is 4. The summed E-state index contributed by atoms with van der Waals surface area (Å²) in [5, 5.41) is 7.55. The van der Waals surface area contributed by atoms with Crippen molar-refractivity contribution in [1.29, 1.82) is 0 Å². The fourth-order valence-electron chi connectivity index (χ4n) is 2.45. The highest BCUT2D eigenvalue weighted by atomic mass is 35.5. The molecule has 2 aromatic rings. The first-order chi connectivity index (χ1) is 11.6. The average Bonchev–Trinajstić information content (AvgIpc) is 2.79.